The summed E-state index contributed by atoms with van der Waals surface area (Å²) in [5.74, 6) is 3.11. The molecule has 3 aromatic carbocycles. The van der Waals surface area contributed by atoms with Crippen molar-refractivity contribution in [1.82, 2.24) is 14.5 Å². The van der Waals surface area contributed by atoms with Gasteiger partial charge in [-0.1, -0.05) is 61.0 Å². The van der Waals surface area contributed by atoms with Crippen molar-refractivity contribution in [3.05, 3.63) is 94.8 Å². The summed E-state index contributed by atoms with van der Waals surface area (Å²) in [5.41, 5.74) is 4.97. The molecule has 4 nitrogen and oxygen atoms in total. The van der Waals surface area contributed by atoms with Gasteiger partial charge in [0.1, 0.15) is 18.2 Å². The molecule has 1 aromatic heterocycles. The average Bonchev–Trinajstić information content (AvgIpc) is 3.27. The normalized spacial score (nSPS) is 15.0. The zero-order valence-corrected chi connectivity index (χ0v) is 24.6. The van der Waals surface area contributed by atoms with Crippen LogP contribution < -0.4 is 4.74 Å². The van der Waals surface area contributed by atoms with Gasteiger partial charge in [-0.05, 0) is 92.6 Å². The van der Waals surface area contributed by atoms with Gasteiger partial charge in [0.15, 0.2) is 0 Å². The zero-order chi connectivity index (χ0) is 24.9. The molecule has 1 aliphatic heterocycles. The Kier molecular flexibility index (Phi) is 11.3. The summed E-state index contributed by atoms with van der Waals surface area (Å²) in [6, 6.07) is 25.0. The second-order valence-corrected chi connectivity index (χ2v) is 10.7. The number of halogens is 3. The first-order valence-corrected chi connectivity index (χ1v) is 13.5. The van der Waals surface area contributed by atoms with Gasteiger partial charge in [-0.25, -0.2) is 4.98 Å². The molecule has 7 heteroatoms. The molecule has 5 rings (SSSR count). The molecule has 1 unspecified atom stereocenters. The molecule has 4 aromatic rings. The van der Waals surface area contributed by atoms with E-state index in [-0.39, 0.29) is 24.8 Å². The van der Waals surface area contributed by atoms with Crippen LogP contribution in [0.15, 0.2) is 72.8 Å². The minimum Gasteiger partial charge on any atom is -0.486 e. The van der Waals surface area contributed by atoms with Gasteiger partial charge in [0.2, 0.25) is 0 Å². The standard InChI is InChI=1S/C31H36ClN3O.2ClH/c1-23(21-34-18-16-26(17-19-34)25-8-4-3-5-9-25)15-20-35-29-10-6-7-24(2)31(29)33-30(35)22-36-28-13-11-27(32)12-14-28;;/h3-14,23,26H,15-22H2,1-2H3;2*1H. The summed E-state index contributed by atoms with van der Waals surface area (Å²) >= 11 is 6.03. The molecule has 0 N–H and O–H groups in total. The highest BCUT2D eigenvalue weighted by Crippen LogP contribution is 2.29. The van der Waals surface area contributed by atoms with Gasteiger partial charge in [0.05, 0.1) is 11.0 Å². The van der Waals surface area contributed by atoms with E-state index in [1.54, 1.807) is 0 Å². The summed E-state index contributed by atoms with van der Waals surface area (Å²) in [5, 5.41) is 0.712. The van der Waals surface area contributed by atoms with E-state index in [1.165, 1.54) is 42.6 Å². The Hall–Kier alpha value is -2.24. The summed E-state index contributed by atoms with van der Waals surface area (Å²) in [7, 11) is 0. The molecule has 0 aliphatic carbocycles. The van der Waals surface area contributed by atoms with Crippen molar-refractivity contribution in [3.63, 3.8) is 0 Å². The van der Waals surface area contributed by atoms with Crippen LogP contribution in [-0.4, -0.2) is 34.1 Å². The number of hydrogen-bond donors (Lipinski definition) is 0. The van der Waals surface area contributed by atoms with Crippen LogP contribution in [0.5, 0.6) is 5.75 Å². The van der Waals surface area contributed by atoms with Crippen molar-refractivity contribution in [2.24, 2.45) is 5.92 Å². The minimum absolute atomic E-state index is 0. The van der Waals surface area contributed by atoms with Crippen LogP contribution in [0.2, 0.25) is 5.02 Å². The lowest BCUT2D eigenvalue weighted by atomic mass is 9.89. The number of imidazole rings is 1. The zero-order valence-electron chi connectivity index (χ0n) is 22.2. The number of fused-ring (bicyclic) bond motifs is 1. The van der Waals surface area contributed by atoms with E-state index in [4.69, 9.17) is 21.3 Å². The molecule has 204 valence electrons. The summed E-state index contributed by atoms with van der Waals surface area (Å²) in [4.78, 5) is 7.63. The minimum atomic E-state index is 0. The third kappa shape index (κ3) is 7.45. The monoisotopic (exact) mass is 573 g/mol. The molecule has 0 bridgehead atoms. The molecular formula is C31H38Cl3N3O. The van der Waals surface area contributed by atoms with Crippen molar-refractivity contribution in [1.29, 1.82) is 0 Å². The molecule has 1 aliphatic rings. The van der Waals surface area contributed by atoms with E-state index < -0.39 is 0 Å². The van der Waals surface area contributed by atoms with E-state index in [1.807, 2.05) is 24.3 Å². The maximum absolute atomic E-state index is 6.08. The smallest absolute Gasteiger partial charge is 0.148 e. The van der Waals surface area contributed by atoms with Crippen molar-refractivity contribution < 1.29 is 4.74 Å². The first-order chi connectivity index (χ1) is 17.6. The number of para-hydroxylation sites is 1. The van der Waals surface area contributed by atoms with Gasteiger partial charge in [0, 0.05) is 18.1 Å². The largest absolute Gasteiger partial charge is 0.486 e. The lowest BCUT2D eigenvalue weighted by Crippen LogP contribution is -2.36. The number of benzene rings is 3. The van der Waals surface area contributed by atoms with E-state index in [0.29, 0.717) is 23.5 Å². The summed E-state index contributed by atoms with van der Waals surface area (Å²) in [6.45, 7) is 9.44. The first kappa shape index (κ1) is 30.3. The predicted molar refractivity (Wildman–Crippen MR) is 163 cm³/mol. The highest BCUT2D eigenvalue weighted by atomic mass is 35.5. The van der Waals surface area contributed by atoms with Crippen LogP contribution in [-0.2, 0) is 13.2 Å². The van der Waals surface area contributed by atoms with Crippen LogP contribution in [0.4, 0.5) is 0 Å². The third-order valence-electron chi connectivity index (χ3n) is 7.52. The fourth-order valence-electron chi connectivity index (χ4n) is 5.43. The Morgan fingerprint density at radius 2 is 1.66 bits per heavy atom. The van der Waals surface area contributed by atoms with Gasteiger partial charge >= 0.3 is 0 Å². The highest BCUT2D eigenvalue weighted by molar-refractivity contribution is 6.30. The number of nitrogens with zero attached hydrogens (tertiary/aromatic N) is 3. The quantitative estimate of drug-likeness (QED) is 0.201. The van der Waals surface area contributed by atoms with E-state index in [2.05, 4.69) is 71.8 Å². The van der Waals surface area contributed by atoms with Crippen LogP contribution in [0, 0.1) is 12.8 Å². The van der Waals surface area contributed by atoms with Gasteiger partial charge < -0.3 is 14.2 Å². The maximum Gasteiger partial charge on any atom is 0.148 e. The number of aryl methyl sites for hydroxylation is 2. The van der Waals surface area contributed by atoms with Gasteiger partial charge in [0.25, 0.3) is 0 Å². The van der Waals surface area contributed by atoms with Crippen LogP contribution in [0.1, 0.15) is 49.1 Å². The van der Waals surface area contributed by atoms with Crippen LogP contribution >= 0.6 is 36.4 Å². The fourth-order valence-corrected chi connectivity index (χ4v) is 5.56. The molecule has 1 saturated heterocycles. The molecule has 0 radical (unpaired) electrons. The maximum atomic E-state index is 6.08. The highest BCUT2D eigenvalue weighted by Gasteiger charge is 2.22. The average molecular weight is 575 g/mol. The molecular weight excluding hydrogens is 537 g/mol. The van der Waals surface area contributed by atoms with E-state index in [0.717, 1.165) is 36.6 Å². The number of hydrogen-bond acceptors (Lipinski definition) is 3. The number of aromatic nitrogens is 2. The summed E-state index contributed by atoms with van der Waals surface area (Å²) in [6.07, 6.45) is 3.63. The molecule has 1 atom stereocenters. The Morgan fingerprint density at radius 3 is 2.37 bits per heavy atom. The second kappa shape index (κ2) is 14.2. The Balaban J connectivity index is 0.00000200. The van der Waals surface area contributed by atoms with E-state index in [9.17, 15) is 0 Å². The Bertz CT molecular complexity index is 1270. The Morgan fingerprint density at radius 1 is 0.947 bits per heavy atom. The lowest BCUT2D eigenvalue weighted by molar-refractivity contribution is 0.181. The summed E-state index contributed by atoms with van der Waals surface area (Å²) < 4.78 is 8.44. The fraction of sp³-hybridized carbons (Fsp3) is 0.387. The molecule has 0 amide bonds. The van der Waals surface area contributed by atoms with Crippen molar-refractivity contribution in [2.75, 3.05) is 19.6 Å². The number of piperidine rings is 1. The lowest BCUT2D eigenvalue weighted by Gasteiger charge is -2.33. The number of rotatable bonds is 9. The molecule has 2 heterocycles. The number of ether oxygens (including phenoxy) is 1. The molecule has 38 heavy (non-hydrogen) atoms. The number of likely N-dealkylation sites (tertiary alicyclic amines) is 1. The second-order valence-electron chi connectivity index (χ2n) is 10.2. The predicted octanol–water partition coefficient (Wildman–Crippen LogP) is 8.33. The van der Waals surface area contributed by atoms with Crippen LogP contribution in [0.3, 0.4) is 0 Å². The van der Waals surface area contributed by atoms with Crippen molar-refractivity contribution >= 4 is 47.4 Å². The molecule has 0 spiro atoms. The van der Waals surface area contributed by atoms with Gasteiger partial charge in [-0.2, -0.15) is 0 Å². The van der Waals surface area contributed by atoms with Crippen molar-refractivity contribution in [2.45, 2.75) is 52.2 Å². The Labute approximate surface area is 244 Å². The third-order valence-corrected chi connectivity index (χ3v) is 7.77. The topological polar surface area (TPSA) is 30.3 Å². The molecule has 0 saturated carbocycles. The molecule has 1 fully saturated rings. The van der Waals surface area contributed by atoms with Crippen LogP contribution in [0.25, 0.3) is 11.0 Å². The van der Waals surface area contributed by atoms with E-state index >= 15 is 0 Å². The first-order valence-electron chi connectivity index (χ1n) is 13.2. The van der Waals surface area contributed by atoms with Gasteiger partial charge in [-0.15, -0.1) is 24.8 Å². The van der Waals surface area contributed by atoms with Gasteiger partial charge in [-0.3, -0.25) is 0 Å². The SMILES string of the molecule is Cc1cccc2c1nc(COc1ccc(Cl)cc1)n2CCC(C)CN1CCC(c2ccccc2)CC1.Cl.Cl. The van der Waals surface area contributed by atoms with Crippen molar-refractivity contribution in [3.8, 4) is 5.75 Å².